The van der Waals surface area contributed by atoms with E-state index in [-0.39, 0.29) is 12.0 Å². The number of Topliss-reactive ketones (excluding diaryl/α,β-unsaturated/α-hetero) is 1. The second-order valence-corrected chi connectivity index (χ2v) is 4.89. The SMILES string of the molecule is CCn1nc(C)c(Cl)c1CC(=O)c1cc(F)c(F)c(F)c1. The van der Waals surface area contributed by atoms with Gasteiger partial charge in [-0.05, 0) is 26.0 Å². The zero-order chi connectivity index (χ0) is 15.7. The maximum Gasteiger partial charge on any atom is 0.194 e. The molecule has 0 aliphatic rings. The predicted octanol–water partition coefficient (Wildman–Crippen LogP) is 3.71. The van der Waals surface area contributed by atoms with Gasteiger partial charge in [-0.3, -0.25) is 9.48 Å². The minimum Gasteiger partial charge on any atom is -0.294 e. The maximum atomic E-state index is 13.2. The molecule has 0 aliphatic carbocycles. The van der Waals surface area contributed by atoms with Crippen LogP contribution in [0.25, 0.3) is 0 Å². The number of aryl methyl sites for hydroxylation is 2. The van der Waals surface area contributed by atoms with E-state index in [4.69, 9.17) is 11.6 Å². The van der Waals surface area contributed by atoms with Crippen molar-refractivity contribution in [3.8, 4) is 0 Å². The van der Waals surface area contributed by atoms with Crippen LogP contribution < -0.4 is 0 Å². The lowest BCUT2D eigenvalue weighted by Gasteiger charge is -2.06. The highest BCUT2D eigenvalue weighted by Crippen LogP contribution is 2.23. The molecule has 1 aromatic carbocycles. The van der Waals surface area contributed by atoms with Gasteiger partial charge in [0.05, 0.1) is 22.8 Å². The molecule has 3 nitrogen and oxygen atoms in total. The van der Waals surface area contributed by atoms with Gasteiger partial charge < -0.3 is 0 Å². The van der Waals surface area contributed by atoms with Gasteiger partial charge in [0.15, 0.2) is 23.2 Å². The summed E-state index contributed by atoms with van der Waals surface area (Å²) in [5.41, 5.74) is 0.786. The van der Waals surface area contributed by atoms with Crippen molar-refractivity contribution in [2.75, 3.05) is 0 Å². The van der Waals surface area contributed by atoms with Gasteiger partial charge in [0, 0.05) is 12.1 Å². The molecule has 0 unspecified atom stereocenters. The molecule has 0 saturated heterocycles. The summed E-state index contributed by atoms with van der Waals surface area (Å²) in [6, 6.07) is 1.35. The first kappa shape index (κ1) is 15.6. The van der Waals surface area contributed by atoms with Crippen LogP contribution in [0.15, 0.2) is 12.1 Å². The first-order valence-electron chi connectivity index (χ1n) is 6.24. The second kappa shape index (κ2) is 5.89. The van der Waals surface area contributed by atoms with Gasteiger partial charge in [-0.2, -0.15) is 5.10 Å². The number of hydrogen-bond donors (Lipinski definition) is 0. The van der Waals surface area contributed by atoms with Gasteiger partial charge in [-0.1, -0.05) is 11.6 Å². The number of hydrogen-bond acceptors (Lipinski definition) is 2. The molecule has 0 bridgehead atoms. The molecule has 112 valence electrons. The van der Waals surface area contributed by atoms with E-state index in [9.17, 15) is 18.0 Å². The third kappa shape index (κ3) is 2.95. The summed E-state index contributed by atoms with van der Waals surface area (Å²) in [6.07, 6.45) is -0.169. The van der Waals surface area contributed by atoms with E-state index in [1.807, 2.05) is 6.92 Å². The minimum absolute atomic E-state index is 0.169. The fraction of sp³-hybridized carbons (Fsp3) is 0.286. The molecule has 0 atom stereocenters. The molecule has 0 radical (unpaired) electrons. The van der Waals surface area contributed by atoms with Gasteiger partial charge >= 0.3 is 0 Å². The first-order valence-corrected chi connectivity index (χ1v) is 6.62. The third-order valence-corrected chi connectivity index (χ3v) is 3.58. The molecule has 0 amide bonds. The molecule has 7 heteroatoms. The van der Waals surface area contributed by atoms with Crippen LogP contribution >= 0.6 is 11.6 Å². The Morgan fingerprint density at radius 2 is 1.86 bits per heavy atom. The van der Waals surface area contributed by atoms with E-state index >= 15 is 0 Å². The number of carbonyl (C=O) groups excluding carboxylic acids is 1. The van der Waals surface area contributed by atoms with Crippen molar-refractivity contribution >= 4 is 17.4 Å². The molecule has 0 aliphatic heterocycles. The van der Waals surface area contributed by atoms with E-state index in [1.165, 1.54) is 0 Å². The quantitative estimate of drug-likeness (QED) is 0.636. The normalized spacial score (nSPS) is 11.0. The molecule has 0 saturated carbocycles. The molecule has 0 fully saturated rings. The minimum atomic E-state index is -1.60. The van der Waals surface area contributed by atoms with E-state index in [1.54, 1.807) is 11.6 Å². The Morgan fingerprint density at radius 3 is 2.38 bits per heavy atom. The van der Waals surface area contributed by atoms with Crippen molar-refractivity contribution in [1.82, 2.24) is 9.78 Å². The van der Waals surface area contributed by atoms with Crippen LogP contribution in [0, 0.1) is 24.4 Å². The zero-order valence-corrected chi connectivity index (χ0v) is 12.1. The highest BCUT2D eigenvalue weighted by Gasteiger charge is 2.19. The lowest BCUT2D eigenvalue weighted by molar-refractivity contribution is 0.0989. The predicted molar refractivity (Wildman–Crippen MR) is 72.0 cm³/mol. The summed E-state index contributed by atoms with van der Waals surface area (Å²) >= 11 is 6.07. The fourth-order valence-corrected chi connectivity index (χ4v) is 2.21. The number of nitrogens with zero attached hydrogens (tertiary/aromatic N) is 2. The summed E-state index contributed by atoms with van der Waals surface area (Å²) in [6.45, 7) is 4.02. The first-order chi connectivity index (χ1) is 9.85. The van der Waals surface area contributed by atoms with E-state index < -0.39 is 23.2 Å². The highest BCUT2D eigenvalue weighted by atomic mass is 35.5. The number of ketones is 1. The summed E-state index contributed by atoms with van der Waals surface area (Å²) in [7, 11) is 0. The van der Waals surface area contributed by atoms with E-state index in [2.05, 4.69) is 5.10 Å². The molecule has 0 spiro atoms. The van der Waals surface area contributed by atoms with Gasteiger partial charge in [0.25, 0.3) is 0 Å². The van der Waals surface area contributed by atoms with Crippen molar-refractivity contribution in [1.29, 1.82) is 0 Å². The van der Waals surface area contributed by atoms with Crippen molar-refractivity contribution in [2.45, 2.75) is 26.8 Å². The Morgan fingerprint density at radius 1 is 1.29 bits per heavy atom. The Hall–Kier alpha value is -1.82. The van der Waals surface area contributed by atoms with E-state index in [0.717, 1.165) is 0 Å². The van der Waals surface area contributed by atoms with Crippen molar-refractivity contribution in [2.24, 2.45) is 0 Å². The van der Waals surface area contributed by atoms with Gasteiger partial charge in [0.2, 0.25) is 0 Å². The van der Waals surface area contributed by atoms with Crippen LogP contribution in [-0.2, 0) is 13.0 Å². The number of carbonyl (C=O) groups is 1. The van der Waals surface area contributed by atoms with Crippen LogP contribution in [0.5, 0.6) is 0 Å². The van der Waals surface area contributed by atoms with Crippen LogP contribution in [0.4, 0.5) is 13.2 Å². The van der Waals surface area contributed by atoms with Crippen molar-refractivity contribution < 1.29 is 18.0 Å². The molecule has 2 aromatic rings. The van der Waals surface area contributed by atoms with Crippen molar-refractivity contribution in [3.63, 3.8) is 0 Å². The van der Waals surface area contributed by atoms with Crippen LogP contribution in [-0.4, -0.2) is 15.6 Å². The largest absolute Gasteiger partial charge is 0.294 e. The number of benzene rings is 1. The van der Waals surface area contributed by atoms with E-state index in [0.29, 0.717) is 35.1 Å². The summed E-state index contributed by atoms with van der Waals surface area (Å²) < 4.78 is 40.8. The lowest BCUT2D eigenvalue weighted by atomic mass is 10.1. The molecular weight excluding hydrogens is 305 g/mol. The topological polar surface area (TPSA) is 34.9 Å². The number of rotatable bonds is 4. The summed E-state index contributed by atoms with van der Waals surface area (Å²) in [5, 5.41) is 4.49. The molecule has 0 N–H and O–H groups in total. The summed E-state index contributed by atoms with van der Waals surface area (Å²) in [4.78, 5) is 12.1. The standard InChI is InChI=1S/C14H12ClF3N2O/c1-3-20-11(13(15)7(2)19-20)6-12(21)8-4-9(16)14(18)10(17)5-8/h4-5H,3,6H2,1-2H3. The van der Waals surface area contributed by atoms with Gasteiger partial charge in [-0.15, -0.1) is 0 Å². The highest BCUT2D eigenvalue weighted by molar-refractivity contribution is 6.32. The maximum absolute atomic E-state index is 13.2. The molecule has 21 heavy (non-hydrogen) atoms. The zero-order valence-electron chi connectivity index (χ0n) is 11.4. The summed E-state index contributed by atoms with van der Waals surface area (Å²) in [5.74, 6) is -4.96. The monoisotopic (exact) mass is 316 g/mol. The van der Waals surface area contributed by atoms with Crippen LogP contribution in [0.2, 0.25) is 5.02 Å². The fourth-order valence-electron chi connectivity index (χ4n) is 2.01. The van der Waals surface area contributed by atoms with Gasteiger partial charge in [-0.25, -0.2) is 13.2 Å². The molecular formula is C14H12ClF3N2O. The number of aromatic nitrogens is 2. The molecule has 1 heterocycles. The molecule has 2 rings (SSSR count). The average molecular weight is 317 g/mol. The second-order valence-electron chi connectivity index (χ2n) is 4.52. The average Bonchev–Trinajstić information content (AvgIpc) is 2.71. The lowest BCUT2D eigenvalue weighted by Crippen LogP contribution is -2.11. The van der Waals surface area contributed by atoms with Crippen molar-refractivity contribution in [3.05, 3.63) is 51.6 Å². The smallest absolute Gasteiger partial charge is 0.194 e. The Bertz CT molecular complexity index is 689. The third-order valence-electron chi connectivity index (χ3n) is 3.09. The Labute approximate surface area is 124 Å². The molecule has 1 aromatic heterocycles. The Balaban J connectivity index is 2.35. The Kier molecular flexibility index (Phi) is 4.37. The van der Waals surface area contributed by atoms with Crippen LogP contribution in [0.1, 0.15) is 28.7 Å². The van der Waals surface area contributed by atoms with Crippen LogP contribution in [0.3, 0.4) is 0 Å². The number of halogens is 4. The van der Waals surface area contributed by atoms with Gasteiger partial charge in [0.1, 0.15) is 0 Å².